The van der Waals surface area contributed by atoms with Crippen LogP contribution in [0.4, 0.5) is 17.3 Å². The zero-order valence-electron chi connectivity index (χ0n) is 19.5. The van der Waals surface area contributed by atoms with Gasteiger partial charge in [0.2, 0.25) is 5.91 Å². The van der Waals surface area contributed by atoms with Gasteiger partial charge in [0.1, 0.15) is 17.3 Å². The van der Waals surface area contributed by atoms with Crippen LogP contribution in [0.2, 0.25) is 0 Å². The van der Waals surface area contributed by atoms with Crippen LogP contribution in [-0.2, 0) is 11.3 Å². The van der Waals surface area contributed by atoms with Gasteiger partial charge in [0.25, 0.3) is 0 Å². The third-order valence-electron chi connectivity index (χ3n) is 6.42. The van der Waals surface area contributed by atoms with Gasteiger partial charge in [-0.1, -0.05) is 17.9 Å². The number of likely N-dealkylation sites (N-methyl/N-ethyl adjacent to an activating group) is 1. The highest BCUT2D eigenvalue weighted by atomic mass is 16.2. The van der Waals surface area contributed by atoms with Gasteiger partial charge in [0.05, 0.1) is 17.8 Å². The Balaban J connectivity index is 1.31. The maximum Gasteiger partial charge on any atom is 0.237 e. The molecule has 3 heterocycles. The molecule has 2 saturated carbocycles. The molecule has 2 aromatic rings. The first-order valence-electron chi connectivity index (χ1n) is 12.0. The van der Waals surface area contributed by atoms with Gasteiger partial charge in [-0.3, -0.25) is 14.5 Å². The highest BCUT2D eigenvalue weighted by molar-refractivity contribution is 5.80. The molecule has 0 unspecified atom stereocenters. The highest BCUT2D eigenvalue weighted by Gasteiger charge is 2.23. The molecule has 176 valence electrons. The van der Waals surface area contributed by atoms with E-state index in [2.05, 4.69) is 32.4 Å². The van der Waals surface area contributed by atoms with Crippen molar-refractivity contribution in [2.45, 2.75) is 32.2 Å². The number of pyridine rings is 2. The summed E-state index contributed by atoms with van der Waals surface area (Å²) in [5.41, 5.74) is 2.95. The molecule has 3 fully saturated rings. The summed E-state index contributed by atoms with van der Waals surface area (Å²) < 4.78 is 0. The van der Waals surface area contributed by atoms with Crippen molar-refractivity contribution in [2.24, 2.45) is 11.8 Å². The van der Waals surface area contributed by atoms with Gasteiger partial charge in [-0.15, -0.1) is 0 Å². The number of hydrogen-bond donors (Lipinski definition) is 2. The fourth-order valence-electron chi connectivity index (χ4n) is 3.89. The van der Waals surface area contributed by atoms with Crippen LogP contribution in [0.5, 0.6) is 0 Å². The van der Waals surface area contributed by atoms with Crippen LogP contribution in [0, 0.1) is 23.7 Å². The molecule has 0 aromatic carbocycles. The molecule has 34 heavy (non-hydrogen) atoms. The number of hydrogen-bond acceptors (Lipinski definition) is 7. The summed E-state index contributed by atoms with van der Waals surface area (Å²) >= 11 is 0. The second-order valence-electron chi connectivity index (χ2n) is 9.52. The van der Waals surface area contributed by atoms with E-state index in [1.54, 1.807) is 11.1 Å². The summed E-state index contributed by atoms with van der Waals surface area (Å²) in [6.45, 7) is 3.18. The second-order valence-corrected chi connectivity index (χ2v) is 9.52. The number of anilines is 3. The number of aromatic nitrogens is 2. The van der Waals surface area contributed by atoms with E-state index >= 15 is 0 Å². The van der Waals surface area contributed by atoms with Crippen molar-refractivity contribution in [2.75, 3.05) is 43.9 Å². The lowest BCUT2D eigenvalue weighted by molar-refractivity contribution is -0.136. The van der Waals surface area contributed by atoms with Crippen LogP contribution in [-0.4, -0.2) is 65.2 Å². The minimum absolute atomic E-state index is 0.0631. The van der Waals surface area contributed by atoms with Gasteiger partial charge in [-0.25, -0.2) is 9.97 Å². The van der Waals surface area contributed by atoms with E-state index < -0.39 is 0 Å². The molecule has 3 aliphatic rings. The van der Waals surface area contributed by atoms with Crippen LogP contribution in [0.1, 0.15) is 47.3 Å². The molecular formula is C26H30N6O2. The second kappa shape index (κ2) is 9.82. The fraction of sp³-hybridized carbons (Fsp3) is 0.462. The van der Waals surface area contributed by atoms with Crippen molar-refractivity contribution in [1.82, 2.24) is 19.8 Å². The molecule has 2 aromatic heterocycles. The normalized spacial score (nSPS) is 18.3. The van der Waals surface area contributed by atoms with Gasteiger partial charge in [-0.2, -0.15) is 0 Å². The Hall–Kier alpha value is -3.44. The van der Waals surface area contributed by atoms with Gasteiger partial charge >= 0.3 is 0 Å². The number of carbonyl (C=O) groups is 2. The van der Waals surface area contributed by atoms with E-state index in [0.29, 0.717) is 42.9 Å². The number of nitrogens with one attached hydrogen (secondary N) is 2. The Bertz CT molecular complexity index is 1150. The first-order valence-corrected chi connectivity index (χ1v) is 12.0. The molecule has 2 N–H and O–H groups in total. The number of rotatable bonds is 8. The Morgan fingerprint density at radius 1 is 1.18 bits per heavy atom. The van der Waals surface area contributed by atoms with Gasteiger partial charge < -0.3 is 15.5 Å². The molecular weight excluding hydrogens is 428 g/mol. The minimum Gasteiger partial charge on any atom is -0.384 e. The predicted molar refractivity (Wildman–Crippen MR) is 131 cm³/mol. The first-order chi connectivity index (χ1) is 16.6. The maximum atomic E-state index is 12.3. The molecule has 1 saturated heterocycles. The maximum absolute atomic E-state index is 12.3. The molecule has 0 bridgehead atoms. The SMILES string of the molecule is CN1CCN(Cc2ccc(Nc3cc(NCC4CC4)c(C#CC4CC4)cn3)nc2C=O)C(=O)C1. The quantitative estimate of drug-likeness (QED) is 0.464. The average molecular weight is 459 g/mol. The summed E-state index contributed by atoms with van der Waals surface area (Å²) in [5.74, 6) is 9.10. The van der Waals surface area contributed by atoms with E-state index in [9.17, 15) is 9.59 Å². The molecule has 2 aliphatic carbocycles. The highest BCUT2D eigenvalue weighted by Crippen LogP contribution is 2.31. The summed E-state index contributed by atoms with van der Waals surface area (Å²) in [6.07, 6.45) is 7.46. The first kappa shape index (κ1) is 22.4. The lowest BCUT2D eigenvalue weighted by Gasteiger charge is -2.32. The third kappa shape index (κ3) is 5.72. The van der Waals surface area contributed by atoms with E-state index in [0.717, 1.165) is 42.1 Å². The summed E-state index contributed by atoms with van der Waals surface area (Å²) in [6, 6.07) is 5.63. The predicted octanol–water partition coefficient (Wildman–Crippen LogP) is 2.89. The van der Waals surface area contributed by atoms with E-state index in [1.807, 2.05) is 30.1 Å². The molecule has 1 aliphatic heterocycles. The molecule has 0 spiro atoms. The Morgan fingerprint density at radius 3 is 2.76 bits per heavy atom. The zero-order chi connectivity index (χ0) is 23.5. The van der Waals surface area contributed by atoms with Crippen LogP contribution in [0.15, 0.2) is 24.4 Å². The Labute approximate surface area is 200 Å². The van der Waals surface area contributed by atoms with Crippen molar-refractivity contribution in [3.05, 3.63) is 41.2 Å². The van der Waals surface area contributed by atoms with E-state index in [1.165, 1.54) is 25.7 Å². The molecule has 5 rings (SSSR count). The number of aldehydes is 1. The largest absolute Gasteiger partial charge is 0.384 e. The van der Waals surface area contributed by atoms with Crippen LogP contribution in [0.25, 0.3) is 0 Å². The zero-order valence-corrected chi connectivity index (χ0v) is 19.5. The molecule has 8 heteroatoms. The number of piperazine rings is 1. The summed E-state index contributed by atoms with van der Waals surface area (Å²) in [4.78, 5) is 36.8. The van der Waals surface area contributed by atoms with Crippen molar-refractivity contribution in [3.63, 3.8) is 0 Å². The van der Waals surface area contributed by atoms with Crippen molar-refractivity contribution in [3.8, 4) is 11.8 Å². The number of carbonyl (C=O) groups excluding carboxylic acids is 2. The van der Waals surface area contributed by atoms with Gasteiger partial charge in [0, 0.05) is 49.9 Å². The van der Waals surface area contributed by atoms with Crippen molar-refractivity contribution < 1.29 is 9.59 Å². The monoisotopic (exact) mass is 458 g/mol. The third-order valence-corrected chi connectivity index (χ3v) is 6.42. The van der Waals surface area contributed by atoms with E-state index in [-0.39, 0.29) is 5.91 Å². The lowest BCUT2D eigenvalue weighted by atomic mass is 10.1. The van der Waals surface area contributed by atoms with Crippen molar-refractivity contribution >= 4 is 29.5 Å². The smallest absolute Gasteiger partial charge is 0.237 e. The molecule has 0 atom stereocenters. The average Bonchev–Trinajstić information content (AvgIpc) is 3.75. The van der Waals surface area contributed by atoms with E-state index in [4.69, 9.17) is 0 Å². The molecule has 8 nitrogen and oxygen atoms in total. The topological polar surface area (TPSA) is 90.5 Å². The van der Waals surface area contributed by atoms with Gasteiger partial charge in [-0.05, 0) is 44.7 Å². The summed E-state index contributed by atoms with van der Waals surface area (Å²) in [7, 11) is 1.93. The number of amides is 1. The Kier molecular flexibility index (Phi) is 6.45. The number of nitrogens with zero attached hydrogens (tertiary/aromatic N) is 4. The minimum atomic E-state index is 0.0631. The van der Waals surface area contributed by atoms with Crippen LogP contribution in [0.3, 0.4) is 0 Å². The molecule has 0 radical (unpaired) electrons. The van der Waals surface area contributed by atoms with Crippen LogP contribution >= 0.6 is 0 Å². The molecule has 1 amide bonds. The fourth-order valence-corrected chi connectivity index (χ4v) is 3.89. The lowest BCUT2D eigenvalue weighted by Crippen LogP contribution is -2.48. The van der Waals surface area contributed by atoms with Crippen molar-refractivity contribution in [1.29, 1.82) is 0 Å². The van der Waals surface area contributed by atoms with Gasteiger partial charge in [0.15, 0.2) is 6.29 Å². The Morgan fingerprint density at radius 2 is 2.03 bits per heavy atom. The summed E-state index contributed by atoms with van der Waals surface area (Å²) in [5, 5.41) is 6.75. The standard InChI is InChI=1S/C26H30N6O2/c1-31-10-11-32(26(34)16-31)15-21-8-9-24(29-23(21)17-33)30-25-12-22(27-13-19-4-5-19)20(14-28-25)7-6-18-2-3-18/h8-9,12,14,17-19H,2-5,10-11,13,15-16H2,1H3,(H2,27,28,29,30). The van der Waals surface area contributed by atoms with Crippen LogP contribution < -0.4 is 10.6 Å².